The van der Waals surface area contributed by atoms with Crippen molar-refractivity contribution in [3.05, 3.63) is 71.9 Å². The number of benzene rings is 2. The van der Waals surface area contributed by atoms with Crippen LogP contribution < -0.4 is 38.9 Å². The average molecular weight is 620 g/mol. The highest BCUT2D eigenvalue weighted by atomic mass is 16.2. The Morgan fingerprint density at radius 2 is 1.38 bits per heavy atom. The zero-order chi connectivity index (χ0) is 32.8. The predicted octanol–water partition coefficient (Wildman–Crippen LogP) is 0.464. The number of aliphatic imine (C=N–C) groups is 1. The van der Waals surface area contributed by atoms with Gasteiger partial charge in [-0.25, -0.2) is 0 Å². The zero-order valence-corrected chi connectivity index (χ0v) is 25.6. The molecule has 2 aromatic carbocycles. The Labute approximate surface area is 262 Å². The lowest BCUT2D eigenvalue weighted by Crippen LogP contribution is -2.57. The van der Waals surface area contributed by atoms with E-state index in [0.29, 0.717) is 19.3 Å². The molecule has 0 aliphatic heterocycles. The summed E-state index contributed by atoms with van der Waals surface area (Å²) >= 11 is 0. The number of nitrogens with two attached hydrogens (primary N) is 4. The monoisotopic (exact) mass is 619 g/mol. The Morgan fingerprint density at radius 3 is 2.02 bits per heavy atom. The molecule has 0 fully saturated rings. The SMILES string of the molecule is CCCC[C@H](NC(=O)[C@H](N)Cc1c[nH]c2ccccc12)C(=O)N[C@@H](CCCN=C(N)N)C(=O)N[C@@H](Cc1ccccc1)C(N)=O. The maximum Gasteiger partial charge on any atom is 0.243 e. The molecule has 3 aromatic rings. The van der Waals surface area contributed by atoms with Crippen molar-refractivity contribution in [2.75, 3.05) is 6.54 Å². The second kappa shape index (κ2) is 17.4. The molecule has 0 aliphatic rings. The van der Waals surface area contributed by atoms with Crippen molar-refractivity contribution < 1.29 is 19.2 Å². The van der Waals surface area contributed by atoms with Crippen LogP contribution in [0.5, 0.6) is 0 Å². The minimum atomic E-state index is -1.05. The van der Waals surface area contributed by atoms with Crippen LogP contribution in [0.4, 0.5) is 0 Å². The van der Waals surface area contributed by atoms with Gasteiger partial charge in [0.2, 0.25) is 23.6 Å². The van der Waals surface area contributed by atoms with Crippen molar-refractivity contribution in [3.63, 3.8) is 0 Å². The van der Waals surface area contributed by atoms with Crippen molar-refractivity contribution in [2.24, 2.45) is 27.9 Å². The van der Waals surface area contributed by atoms with E-state index in [0.717, 1.165) is 28.5 Å². The van der Waals surface area contributed by atoms with E-state index in [-0.39, 0.29) is 31.8 Å². The molecule has 12 N–H and O–H groups in total. The molecule has 13 nitrogen and oxygen atoms in total. The predicted molar refractivity (Wildman–Crippen MR) is 175 cm³/mol. The lowest BCUT2D eigenvalue weighted by atomic mass is 10.0. The molecular weight excluding hydrogens is 574 g/mol. The molecule has 45 heavy (non-hydrogen) atoms. The van der Waals surface area contributed by atoms with Gasteiger partial charge in [-0.3, -0.25) is 24.2 Å². The first-order chi connectivity index (χ1) is 21.6. The summed E-state index contributed by atoms with van der Waals surface area (Å²) in [5, 5.41) is 9.19. The van der Waals surface area contributed by atoms with E-state index in [4.69, 9.17) is 22.9 Å². The van der Waals surface area contributed by atoms with Gasteiger partial charge in [0.05, 0.1) is 6.04 Å². The highest BCUT2D eigenvalue weighted by molar-refractivity contribution is 5.95. The van der Waals surface area contributed by atoms with E-state index in [9.17, 15) is 19.2 Å². The third kappa shape index (κ3) is 10.9. The maximum atomic E-state index is 13.6. The molecule has 0 bridgehead atoms. The second-order valence-electron chi connectivity index (χ2n) is 11.0. The van der Waals surface area contributed by atoms with Gasteiger partial charge in [-0.05, 0) is 42.9 Å². The highest BCUT2D eigenvalue weighted by Gasteiger charge is 2.30. The number of nitrogens with zero attached hydrogens (tertiary/aromatic N) is 1. The molecule has 13 heteroatoms. The number of guanidine groups is 1. The van der Waals surface area contributed by atoms with Gasteiger partial charge in [0, 0.05) is 30.1 Å². The summed E-state index contributed by atoms with van der Waals surface area (Å²) in [6.07, 6.45) is 4.57. The van der Waals surface area contributed by atoms with Crippen molar-refractivity contribution >= 4 is 40.5 Å². The number of rotatable bonds is 18. The summed E-state index contributed by atoms with van der Waals surface area (Å²) in [6.45, 7) is 2.19. The molecule has 4 atom stereocenters. The summed E-state index contributed by atoms with van der Waals surface area (Å²) in [7, 11) is 0. The third-order valence-electron chi connectivity index (χ3n) is 7.45. The molecule has 0 spiro atoms. The number of primary amides is 1. The number of para-hydroxylation sites is 1. The summed E-state index contributed by atoms with van der Waals surface area (Å²) in [5.41, 5.74) is 25.4. The van der Waals surface area contributed by atoms with Crippen LogP contribution in [0.2, 0.25) is 0 Å². The van der Waals surface area contributed by atoms with Gasteiger partial charge in [0.15, 0.2) is 5.96 Å². The minimum absolute atomic E-state index is 0.0944. The van der Waals surface area contributed by atoms with Gasteiger partial charge in [0.25, 0.3) is 0 Å². The van der Waals surface area contributed by atoms with E-state index >= 15 is 0 Å². The molecule has 0 saturated heterocycles. The average Bonchev–Trinajstić information content (AvgIpc) is 3.42. The number of carbonyl (C=O) groups excluding carboxylic acids is 4. The largest absolute Gasteiger partial charge is 0.370 e. The first-order valence-corrected chi connectivity index (χ1v) is 15.2. The smallest absolute Gasteiger partial charge is 0.243 e. The number of hydrogen-bond donors (Lipinski definition) is 8. The van der Waals surface area contributed by atoms with Crippen LogP contribution in [0.15, 0.2) is 65.8 Å². The first kappa shape index (κ1) is 34.6. The van der Waals surface area contributed by atoms with Crippen LogP contribution in [-0.2, 0) is 32.0 Å². The van der Waals surface area contributed by atoms with Gasteiger partial charge >= 0.3 is 0 Å². The number of fused-ring (bicyclic) bond motifs is 1. The number of H-pyrrole nitrogens is 1. The Bertz CT molecular complexity index is 1450. The van der Waals surface area contributed by atoms with E-state index < -0.39 is 47.8 Å². The number of amides is 4. The molecular formula is C32H45N9O4. The molecule has 4 amide bonds. The lowest BCUT2D eigenvalue weighted by molar-refractivity contribution is -0.133. The lowest BCUT2D eigenvalue weighted by Gasteiger charge is -2.25. The number of hydrogen-bond acceptors (Lipinski definition) is 6. The van der Waals surface area contributed by atoms with Crippen LogP contribution in [0.1, 0.15) is 50.2 Å². The van der Waals surface area contributed by atoms with E-state index in [1.807, 2.05) is 67.7 Å². The van der Waals surface area contributed by atoms with Crippen molar-refractivity contribution in [1.29, 1.82) is 0 Å². The summed E-state index contributed by atoms with van der Waals surface area (Å²) < 4.78 is 0. The van der Waals surface area contributed by atoms with E-state index in [2.05, 4.69) is 25.9 Å². The van der Waals surface area contributed by atoms with Gasteiger partial charge in [-0.15, -0.1) is 0 Å². The highest BCUT2D eigenvalue weighted by Crippen LogP contribution is 2.19. The second-order valence-corrected chi connectivity index (χ2v) is 11.0. The standard InChI is InChI=1S/C32H45N9O4/c1-2-3-13-25(39-29(43)23(33)18-21-19-38-24-14-8-7-12-22(21)24)30(44)40-26(15-9-16-37-32(35)36)31(45)41-27(28(34)42)17-20-10-5-4-6-11-20/h4-8,10-12,14,19,23,25-27,38H,2-3,9,13,15-18,33H2,1H3,(H2,34,42)(H,39,43)(H,40,44)(H,41,45)(H4,35,36,37)/t23-,25+,26+,27+/m1/s1. The Morgan fingerprint density at radius 1 is 0.778 bits per heavy atom. The molecule has 0 aliphatic carbocycles. The molecule has 0 unspecified atom stereocenters. The molecule has 0 saturated carbocycles. The number of aromatic amines is 1. The molecule has 242 valence electrons. The normalized spacial score (nSPS) is 13.6. The number of carbonyl (C=O) groups is 4. The van der Waals surface area contributed by atoms with Gasteiger partial charge in [-0.2, -0.15) is 0 Å². The molecule has 1 heterocycles. The maximum absolute atomic E-state index is 13.6. The molecule has 1 aromatic heterocycles. The number of unbranched alkanes of at least 4 members (excludes halogenated alkanes) is 1. The third-order valence-corrected chi connectivity index (χ3v) is 7.45. The van der Waals surface area contributed by atoms with Gasteiger partial charge in [-0.1, -0.05) is 68.3 Å². The molecule has 0 radical (unpaired) electrons. The fraction of sp³-hybridized carbons (Fsp3) is 0.406. The summed E-state index contributed by atoms with van der Waals surface area (Å²) in [6, 6.07) is 12.9. The molecule has 3 rings (SSSR count). The van der Waals surface area contributed by atoms with Crippen molar-refractivity contribution in [3.8, 4) is 0 Å². The number of aromatic nitrogens is 1. The van der Waals surface area contributed by atoms with Gasteiger partial charge < -0.3 is 43.9 Å². The fourth-order valence-electron chi connectivity index (χ4n) is 4.98. The topological polar surface area (TPSA) is 237 Å². The van der Waals surface area contributed by atoms with Crippen LogP contribution in [0, 0.1) is 0 Å². The fourth-order valence-corrected chi connectivity index (χ4v) is 4.98. The minimum Gasteiger partial charge on any atom is -0.370 e. The number of nitrogens with one attached hydrogen (secondary N) is 4. The van der Waals surface area contributed by atoms with Crippen LogP contribution in [0.25, 0.3) is 10.9 Å². The Balaban J connectivity index is 1.71. The zero-order valence-electron chi connectivity index (χ0n) is 25.6. The van der Waals surface area contributed by atoms with E-state index in [1.165, 1.54) is 0 Å². The first-order valence-electron chi connectivity index (χ1n) is 15.2. The van der Waals surface area contributed by atoms with Crippen molar-refractivity contribution in [1.82, 2.24) is 20.9 Å². The summed E-state index contributed by atoms with van der Waals surface area (Å²) in [4.78, 5) is 59.5. The van der Waals surface area contributed by atoms with Crippen molar-refractivity contribution in [2.45, 2.75) is 76.0 Å². The van der Waals surface area contributed by atoms with E-state index in [1.54, 1.807) is 0 Å². The quantitative estimate of drug-likeness (QED) is 0.0568. The Hall–Kier alpha value is -4.91. The Kier molecular flexibility index (Phi) is 13.4. The van der Waals surface area contributed by atoms with Gasteiger partial charge in [0.1, 0.15) is 18.1 Å². The van der Waals surface area contributed by atoms with Crippen LogP contribution in [0.3, 0.4) is 0 Å². The van der Waals surface area contributed by atoms with Crippen LogP contribution in [-0.4, -0.2) is 65.3 Å². The summed E-state index contributed by atoms with van der Waals surface area (Å²) in [5.74, 6) is -2.43. The van der Waals surface area contributed by atoms with Crippen LogP contribution >= 0.6 is 0 Å².